The Bertz CT molecular complexity index is 1260. The number of ether oxygens (including phenoxy) is 1. The lowest BCUT2D eigenvalue weighted by molar-refractivity contribution is -0.141. The van der Waals surface area contributed by atoms with Gasteiger partial charge in [0.15, 0.2) is 4.80 Å². The Kier molecular flexibility index (Phi) is 6.04. The smallest absolute Gasteiger partial charge is 0.325 e. The van der Waals surface area contributed by atoms with Crippen molar-refractivity contribution in [3.8, 4) is 0 Å². The molecular formula is C24H19FN2O3S. The monoisotopic (exact) mass is 434 g/mol. The van der Waals surface area contributed by atoms with Gasteiger partial charge in [-0.25, -0.2) is 4.39 Å². The zero-order chi connectivity index (χ0) is 21.8. The third-order valence-electron chi connectivity index (χ3n) is 4.89. The SMILES string of the molecule is COC(=O)Cn1c(=NC(=O)C(c2ccccc2)c2ccccc2)sc2cccc(F)c21. The third-order valence-corrected chi connectivity index (χ3v) is 5.93. The van der Waals surface area contributed by atoms with E-state index in [1.165, 1.54) is 17.7 Å². The molecule has 3 aromatic carbocycles. The van der Waals surface area contributed by atoms with Crippen molar-refractivity contribution in [3.63, 3.8) is 0 Å². The fraction of sp³-hybridized carbons (Fsp3) is 0.125. The van der Waals surface area contributed by atoms with Crippen LogP contribution < -0.4 is 4.80 Å². The fourth-order valence-corrected chi connectivity index (χ4v) is 4.49. The van der Waals surface area contributed by atoms with Gasteiger partial charge in [-0.05, 0) is 23.3 Å². The molecule has 4 aromatic rings. The molecule has 5 nitrogen and oxygen atoms in total. The summed E-state index contributed by atoms with van der Waals surface area (Å²) in [5.41, 5.74) is 1.82. The van der Waals surface area contributed by atoms with Gasteiger partial charge in [0.25, 0.3) is 5.91 Å². The van der Waals surface area contributed by atoms with Gasteiger partial charge in [0.1, 0.15) is 12.4 Å². The van der Waals surface area contributed by atoms with Crippen LogP contribution in [0.15, 0.2) is 83.9 Å². The summed E-state index contributed by atoms with van der Waals surface area (Å²) in [7, 11) is 1.26. The fourth-order valence-electron chi connectivity index (χ4n) is 3.44. The molecule has 0 bridgehead atoms. The van der Waals surface area contributed by atoms with Gasteiger partial charge in [-0.2, -0.15) is 4.99 Å². The predicted molar refractivity (Wildman–Crippen MR) is 117 cm³/mol. The van der Waals surface area contributed by atoms with E-state index in [1.54, 1.807) is 12.1 Å². The summed E-state index contributed by atoms with van der Waals surface area (Å²) >= 11 is 1.15. The lowest BCUT2D eigenvalue weighted by Gasteiger charge is -2.14. The molecule has 1 heterocycles. The van der Waals surface area contributed by atoms with Crippen molar-refractivity contribution < 1.29 is 18.7 Å². The Morgan fingerprint density at radius 2 is 1.58 bits per heavy atom. The molecule has 0 spiro atoms. The third kappa shape index (κ3) is 4.32. The van der Waals surface area contributed by atoms with Crippen LogP contribution >= 0.6 is 11.3 Å². The number of para-hydroxylation sites is 1. The summed E-state index contributed by atoms with van der Waals surface area (Å²) < 4.78 is 21.3. The number of esters is 1. The highest BCUT2D eigenvalue weighted by Crippen LogP contribution is 2.26. The van der Waals surface area contributed by atoms with Crippen molar-refractivity contribution in [2.45, 2.75) is 12.5 Å². The van der Waals surface area contributed by atoms with Crippen LogP contribution in [0.2, 0.25) is 0 Å². The molecule has 0 aliphatic rings. The van der Waals surface area contributed by atoms with Crippen molar-refractivity contribution in [2.24, 2.45) is 4.99 Å². The molecular weight excluding hydrogens is 415 g/mol. The number of benzene rings is 3. The van der Waals surface area contributed by atoms with E-state index in [2.05, 4.69) is 4.99 Å². The van der Waals surface area contributed by atoms with E-state index in [0.717, 1.165) is 22.5 Å². The lowest BCUT2D eigenvalue weighted by atomic mass is 9.91. The molecule has 0 saturated heterocycles. The van der Waals surface area contributed by atoms with E-state index in [4.69, 9.17) is 4.74 Å². The Hall–Kier alpha value is -3.58. The second-order valence-electron chi connectivity index (χ2n) is 6.84. The molecule has 0 atom stereocenters. The largest absolute Gasteiger partial charge is 0.468 e. The summed E-state index contributed by atoms with van der Waals surface area (Å²) in [6, 6.07) is 23.3. The first-order chi connectivity index (χ1) is 15.1. The number of nitrogens with zero attached hydrogens (tertiary/aromatic N) is 2. The van der Waals surface area contributed by atoms with Crippen LogP contribution in [0.3, 0.4) is 0 Å². The highest BCUT2D eigenvalue weighted by atomic mass is 32.1. The standard InChI is InChI=1S/C24H19FN2O3S/c1-30-20(28)15-27-22-18(25)13-8-14-19(22)31-24(27)26-23(29)21(16-9-4-2-5-10-16)17-11-6-3-7-12-17/h2-14,21H,15H2,1H3. The van der Waals surface area contributed by atoms with E-state index in [-0.39, 0.29) is 16.9 Å². The van der Waals surface area contributed by atoms with Crippen molar-refractivity contribution in [3.05, 3.63) is 101 Å². The second-order valence-corrected chi connectivity index (χ2v) is 7.85. The van der Waals surface area contributed by atoms with Crippen LogP contribution in [0.5, 0.6) is 0 Å². The average molecular weight is 434 g/mol. The van der Waals surface area contributed by atoms with Gasteiger partial charge >= 0.3 is 5.97 Å². The first-order valence-electron chi connectivity index (χ1n) is 9.61. The number of methoxy groups -OCH3 is 1. The van der Waals surface area contributed by atoms with E-state index in [1.807, 2.05) is 60.7 Å². The van der Waals surface area contributed by atoms with Gasteiger partial charge in [0, 0.05) is 0 Å². The molecule has 0 saturated carbocycles. The number of amides is 1. The number of carbonyl (C=O) groups is 2. The maximum absolute atomic E-state index is 14.5. The van der Waals surface area contributed by atoms with E-state index in [9.17, 15) is 14.0 Å². The number of fused-ring (bicyclic) bond motifs is 1. The molecule has 4 rings (SSSR count). The molecule has 0 N–H and O–H groups in total. The minimum Gasteiger partial charge on any atom is -0.468 e. The predicted octanol–water partition coefficient (Wildman–Crippen LogP) is 4.27. The zero-order valence-corrected chi connectivity index (χ0v) is 17.5. The topological polar surface area (TPSA) is 60.7 Å². The van der Waals surface area contributed by atoms with Crippen molar-refractivity contribution in [1.29, 1.82) is 0 Å². The number of hydrogen-bond acceptors (Lipinski definition) is 4. The minimum atomic E-state index is -0.621. The number of aromatic nitrogens is 1. The highest BCUT2D eigenvalue weighted by molar-refractivity contribution is 7.16. The van der Waals surface area contributed by atoms with Crippen molar-refractivity contribution in [1.82, 2.24) is 4.57 Å². The Labute approximate surface area is 182 Å². The average Bonchev–Trinajstić information content (AvgIpc) is 3.13. The molecule has 0 aliphatic carbocycles. The zero-order valence-electron chi connectivity index (χ0n) is 16.7. The number of thiazole rings is 1. The molecule has 0 aliphatic heterocycles. The maximum Gasteiger partial charge on any atom is 0.325 e. The molecule has 1 aromatic heterocycles. The van der Waals surface area contributed by atoms with E-state index >= 15 is 0 Å². The number of halogens is 1. The Morgan fingerprint density at radius 1 is 0.968 bits per heavy atom. The van der Waals surface area contributed by atoms with Gasteiger partial charge in [-0.3, -0.25) is 9.59 Å². The molecule has 0 fully saturated rings. The normalized spacial score (nSPS) is 11.8. The molecule has 7 heteroatoms. The number of rotatable bonds is 5. The van der Waals surface area contributed by atoms with Gasteiger partial charge in [-0.15, -0.1) is 0 Å². The first kappa shape index (κ1) is 20.7. The summed E-state index contributed by atoms with van der Waals surface area (Å²) in [5.74, 6) is -2.07. The first-order valence-corrected chi connectivity index (χ1v) is 10.4. The van der Waals surface area contributed by atoms with Gasteiger partial charge in [-0.1, -0.05) is 78.1 Å². The van der Waals surface area contributed by atoms with Crippen LogP contribution in [0.1, 0.15) is 17.0 Å². The summed E-state index contributed by atoms with van der Waals surface area (Å²) in [6.45, 7) is -0.245. The highest BCUT2D eigenvalue weighted by Gasteiger charge is 2.23. The molecule has 0 unspecified atom stereocenters. The number of hydrogen-bond donors (Lipinski definition) is 0. The molecule has 0 radical (unpaired) electrons. The second kappa shape index (κ2) is 9.06. The van der Waals surface area contributed by atoms with E-state index < -0.39 is 23.6 Å². The molecule has 31 heavy (non-hydrogen) atoms. The van der Waals surface area contributed by atoms with Crippen molar-refractivity contribution in [2.75, 3.05) is 7.11 Å². The molecule has 156 valence electrons. The van der Waals surface area contributed by atoms with Gasteiger partial charge in [0.2, 0.25) is 0 Å². The molecule has 1 amide bonds. The van der Waals surface area contributed by atoms with Crippen LogP contribution in [-0.4, -0.2) is 23.6 Å². The van der Waals surface area contributed by atoms with Crippen LogP contribution in [0.25, 0.3) is 10.2 Å². The number of carbonyl (C=O) groups excluding carboxylic acids is 2. The van der Waals surface area contributed by atoms with Gasteiger partial charge < -0.3 is 9.30 Å². The summed E-state index contributed by atoms with van der Waals surface area (Å²) in [6.07, 6.45) is 0. The maximum atomic E-state index is 14.5. The Balaban J connectivity index is 1.88. The lowest BCUT2D eigenvalue weighted by Crippen LogP contribution is -2.24. The quantitative estimate of drug-likeness (QED) is 0.441. The minimum absolute atomic E-state index is 0.223. The summed E-state index contributed by atoms with van der Waals surface area (Å²) in [5, 5.41) is 0. The van der Waals surface area contributed by atoms with Crippen LogP contribution in [0.4, 0.5) is 4.39 Å². The summed E-state index contributed by atoms with van der Waals surface area (Å²) in [4.78, 5) is 29.9. The van der Waals surface area contributed by atoms with Gasteiger partial charge in [0.05, 0.1) is 23.2 Å². The Morgan fingerprint density at radius 3 is 2.16 bits per heavy atom. The van der Waals surface area contributed by atoms with Crippen molar-refractivity contribution >= 4 is 33.4 Å². The van der Waals surface area contributed by atoms with Crippen LogP contribution in [0, 0.1) is 5.82 Å². The van der Waals surface area contributed by atoms with Crippen LogP contribution in [-0.2, 0) is 20.9 Å². The van der Waals surface area contributed by atoms with E-state index in [0.29, 0.717) is 4.70 Å².